The molecule has 0 spiro atoms. The number of aliphatic hydroxyl groups excluding tert-OH is 1. The summed E-state index contributed by atoms with van der Waals surface area (Å²) in [4.78, 5) is 22.2. The Bertz CT molecular complexity index is 427. The van der Waals surface area contributed by atoms with E-state index < -0.39 is 30.3 Å². The quantitative estimate of drug-likeness (QED) is 0.708. The summed E-state index contributed by atoms with van der Waals surface area (Å²) in [5, 5.41) is 19.4. The number of carboxylic acid groups (broad SMARTS) is 1. The Morgan fingerprint density at radius 3 is 2.53 bits per heavy atom. The van der Waals surface area contributed by atoms with Gasteiger partial charge in [0, 0.05) is 5.56 Å². The molecule has 0 fully saturated rings. The topological polar surface area (TPSA) is 86.6 Å². The van der Waals surface area contributed by atoms with Crippen molar-refractivity contribution in [3.05, 3.63) is 35.1 Å². The number of aliphatic hydroxyl groups is 1. The number of halogens is 1. The maximum Gasteiger partial charge on any atom is 0.328 e. The number of hydrogen-bond acceptors (Lipinski definition) is 3. The summed E-state index contributed by atoms with van der Waals surface area (Å²) >= 11 is 0. The van der Waals surface area contributed by atoms with Gasteiger partial charge in [-0.15, -0.1) is 0 Å². The van der Waals surface area contributed by atoms with Crippen molar-refractivity contribution in [2.75, 3.05) is 6.61 Å². The Labute approximate surface area is 96.9 Å². The summed E-state index contributed by atoms with van der Waals surface area (Å²) < 4.78 is 13.0. The molecule has 0 aliphatic rings. The summed E-state index contributed by atoms with van der Waals surface area (Å²) in [6.07, 6.45) is 0. The molecule has 0 aromatic heterocycles. The van der Waals surface area contributed by atoms with Crippen LogP contribution in [0.4, 0.5) is 4.39 Å². The lowest BCUT2D eigenvalue weighted by atomic mass is 10.1. The molecule has 17 heavy (non-hydrogen) atoms. The number of hydrogen-bond donors (Lipinski definition) is 3. The van der Waals surface area contributed by atoms with Crippen molar-refractivity contribution in [3.8, 4) is 0 Å². The maximum atomic E-state index is 13.0. The first-order valence-corrected chi connectivity index (χ1v) is 4.85. The Morgan fingerprint density at radius 1 is 1.41 bits per heavy atom. The second kappa shape index (κ2) is 5.40. The Hall–Kier alpha value is -1.95. The van der Waals surface area contributed by atoms with Crippen molar-refractivity contribution in [2.45, 2.75) is 13.0 Å². The Morgan fingerprint density at radius 2 is 2.06 bits per heavy atom. The van der Waals surface area contributed by atoms with Crippen molar-refractivity contribution in [2.24, 2.45) is 0 Å². The number of aryl methyl sites for hydroxylation is 1. The van der Waals surface area contributed by atoms with Crippen molar-refractivity contribution in [1.82, 2.24) is 5.32 Å². The van der Waals surface area contributed by atoms with Crippen LogP contribution in [0.3, 0.4) is 0 Å². The fourth-order valence-corrected chi connectivity index (χ4v) is 1.29. The highest BCUT2D eigenvalue weighted by Gasteiger charge is 2.19. The zero-order valence-electron chi connectivity index (χ0n) is 9.11. The summed E-state index contributed by atoms with van der Waals surface area (Å²) in [5.74, 6) is -2.67. The largest absolute Gasteiger partial charge is 0.480 e. The van der Waals surface area contributed by atoms with Crippen molar-refractivity contribution >= 4 is 11.9 Å². The third-order valence-corrected chi connectivity index (χ3v) is 2.09. The molecule has 0 saturated carbocycles. The van der Waals surface area contributed by atoms with Crippen molar-refractivity contribution < 1.29 is 24.2 Å². The van der Waals surface area contributed by atoms with E-state index in [1.54, 1.807) is 6.92 Å². The molecule has 1 atom stereocenters. The first-order valence-electron chi connectivity index (χ1n) is 4.85. The predicted octanol–water partition coefficient (Wildman–Crippen LogP) is 0.309. The van der Waals surface area contributed by atoms with Crippen LogP contribution in [0.2, 0.25) is 0 Å². The zero-order valence-corrected chi connectivity index (χ0v) is 9.11. The predicted molar refractivity (Wildman–Crippen MR) is 57.1 cm³/mol. The molecule has 1 unspecified atom stereocenters. The molecule has 1 rings (SSSR count). The highest BCUT2D eigenvalue weighted by Crippen LogP contribution is 2.08. The smallest absolute Gasteiger partial charge is 0.328 e. The highest BCUT2D eigenvalue weighted by molar-refractivity contribution is 5.96. The lowest BCUT2D eigenvalue weighted by molar-refractivity contribution is -0.140. The molecule has 0 saturated heterocycles. The molecule has 1 amide bonds. The van der Waals surface area contributed by atoms with Crippen LogP contribution >= 0.6 is 0 Å². The van der Waals surface area contributed by atoms with Gasteiger partial charge in [0.25, 0.3) is 5.91 Å². The molecule has 0 aliphatic heterocycles. The minimum absolute atomic E-state index is 0.0159. The lowest BCUT2D eigenvalue weighted by Gasteiger charge is -2.11. The summed E-state index contributed by atoms with van der Waals surface area (Å²) in [5.41, 5.74) is 0.563. The molecule has 1 aromatic carbocycles. The molecule has 0 heterocycles. The number of carboxylic acids is 1. The van der Waals surface area contributed by atoms with Crippen LogP contribution in [-0.2, 0) is 4.79 Å². The molecule has 1 aromatic rings. The first-order chi connectivity index (χ1) is 7.93. The second-order valence-corrected chi connectivity index (χ2v) is 3.56. The fraction of sp³-hybridized carbons (Fsp3) is 0.273. The first kappa shape index (κ1) is 13.1. The molecule has 0 radical (unpaired) electrons. The number of benzene rings is 1. The van der Waals surface area contributed by atoms with E-state index in [0.29, 0.717) is 5.56 Å². The molecule has 6 heteroatoms. The molecule has 0 bridgehead atoms. The number of carbonyl (C=O) groups is 2. The van der Waals surface area contributed by atoms with E-state index in [4.69, 9.17) is 10.2 Å². The normalized spacial score (nSPS) is 11.9. The molecule has 3 N–H and O–H groups in total. The maximum absolute atomic E-state index is 13.0. The molecule has 5 nitrogen and oxygen atoms in total. The van der Waals surface area contributed by atoms with E-state index >= 15 is 0 Å². The van der Waals surface area contributed by atoms with Crippen molar-refractivity contribution in [3.63, 3.8) is 0 Å². The van der Waals surface area contributed by atoms with Gasteiger partial charge in [-0.1, -0.05) is 0 Å². The molecule has 92 valence electrons. The van der Waals surface area contributed by atoms with Gasteiger partial charge in [-0.3, -0.25) is 4.79 Å². The van der Waals surface area contributed by atoms with Crippen LogP contribution in [0.25, 0.3) is 0 Å². The van der Waals surface area contributed by atoms with E-state index in [2.05, 4.69) is 5.32 Å². The minimum atomic E-state index is -1.40. The Balaban J connectivity index is 2.86. The number of amides is 1. The highest BCUT2D eigenvalue weighted by atomic mass is 19.1. The average Bonchev–Trinajstić information content (AvgIpc) is 2.23. The van der Waals surface area contributed by atoms with Crippen LogP contribution in [0, 0.1) is 12.7 Å². The third kappa shape index (κ3) is 3.53. The summed E-state index contributed by atoms with van der Waals surface area (Å²) in [6.45, 7) is 0.885. The fourth-order valence-electron chi connectivity index (χ4n) is 1.29. The van der Waals surface area contributed by atoms with E-state index in [9.17, 15) is 14.0 Å². The van der Waals surface area contributed by atoms with Gasteiger partial charge in [-0.25, -0.2) is 9.18 Å². The van der Waals surface area contributed by atoms with Gasteiger partial charge in [0.2, 0.25) is 0 Å². The SMILES string of the molecule is Cc1cc(F)cc(C(=O)NC(CO)C(=O)O)c1. The van der Waals surface area contributed by atoms with Crippen LogP contribution in [-0.4, -0.2) is 34.7 Å². The summed E-state index contributed by atoms with van der Waals surface area (Å²) in [6, 6.07) is 2.27. The van der Waals surface area contributed by atoms with E-state index in [1.807, 2.05) is 0 Å². The van der Waals surface area contributed by atoms with Gasteiger partial charge < -0.3 is 15.5 Å². The molecule has 0 aliphatic carbocycles. The number of nitrogens with one attached hydrogen (secondary N) is 1. The number of aliphatic carboxylic acids is 1. The average molecular weight is 241 g/mol. The van der Waals surface area contributed by atoms with Gasteiger partial charge in [-0.05, 0) is 30.7 Å². The van der Waals surface area contributed by atoms with Gasteiger partial charge in [0.1, 0.15) is 5.82 Å². The molecular formula is C11H12FNO4. The zero-order chi connectivity index (χ0) is 13.0. The number of rotatable bonds is 4. The van der Waals surface area contributed by atoms with Crippen molar-refractivity contribution in [1.29, 1.82) is 0 Å². The standard InChI is InChI=1S/C11H12FNO4/c1-6-2-7(4-8(12)3-6)10(15)13-9(5-14)11(16)17/h2-4,9,14H,5H2,1H3,(H,13,15)(H,16,17). The van der Waals surface area contributed by atoms with Gasteiger partial charge in [-0.2, -0.15) is 0 Å². The Kier molecular flexibility index (Phi) is 4.17. The van der Waals surface area contributed by atoms with Gasteiger partial charge in [0.05, 0.1) is 6.61 Å². The van der Waals surface area contributed by atoms with Crippen LogP contribution in [0.15, 0.2) is 18.2 Å². The van der Waals surface area contributed by atoms with Gasteiger partial charge in [0.15, 0.2) is 6.04 Å². The van der Waals surface area contributed by atoms with Gasteiger partial charge >= 0.3 is 5.97 Å². The lowest BCUT2D eigenvalue weighted by Crippen LogP contribution is -2.43. The van der Waals surface area contributed by atoms with E-state index in [1.165, 1.54) is 12.1 Å². The van der Waals surface area contributed by atoms with Crippen LogP contribution < -0.4 is 5.32 Å². The summed E-state index contributed by atoms with van der Waals surface area (Å²) in [7, 11) is 0. The minimum Gasteiger partial charge on any atom is -0.480 e. The third-order valence-electron chi connectivity index (χ3n) is 2.09. The van der Waals surface area contributed by atoms with E-state index in [-0.39, 0.29) is 5.56 Å². The van der Waals surface area contributed by atoms with E-state index in [0.717, 1.165) is 6.07 Å². The van der Waals surface area contributed by atoms with Crippen LogP contribution in [0.1, 0.15) is 15.9 Å². The monoisotopic (exact) mass is 241 g/mol. The number of carbonyl (C=O) groups excluding carboxylic acids is 1. The second-order valence-electron chi connectivity index (χ2n) is 3.56. The van der Waals surface area contributed by atoms with Crippen LogP contribution in [0.5, 0.6) is 0 Å². The molecular weight excluding hydrogens is 229 g/mol.